The number of benzene rings is 1. The molecule has 8 heteroatoms. The van der Waals surface area contributed by atoms with Gasteiger partial charge in [0, 0.05) is 33.1 Å². The van der Waals surface area contributed by atoms with Crippen LogP contribution >= 0.6 is 0 Å². The number of rotatable bonds is 7. The fourth-order valence-corrected chi connectivity index (χ4v) is 4.14. The number of hydrogen-bond donors (Lipinski definition) is 1. The molecular weight excluding hydrogens is 366 g/mol. The monoisotopic (exact) mass is 397 g/mol. The first kappa shape index (κ1) is 21.7. The molecule has 27 heavy (non-hydrogen) atoms. The van der Waals surface area contributed by atoms with Crippen molar-refractivity contribution < 1.29 is 17.9 Å². The Kier molecular flexibility index (Phi) is 7.25. The number of carbonyl (C=O) groups is 1. The van der Waals surface area contributed by atoms with Gasteiger partial charge in [0.05, 0.1) is 6.04 Å². The normalized spacial score (nSPS) is 17.7. The summed E-state index contributed by atoms with van der Waals surface area (Å²) in [4.78, 5) is 12.5. The highest BCUT2D eigenvalue weighted by molar-refractivity contribution is 7.86. The SMILES string of the molecule is Cc1ccc(OCC(C)NC(=O)C2CCN(S(=O)(=O)N(C)C)CC2)cc1C. The molecule has 1 amide bonds. The van der Waals surface area contributed by atoms with Crippen molar-refractivity contribution in [1.82, 2.24) is 13.9 Å². The Morgan fingerprint density at radius 3 is 2.44 bits per heavy atom. The van der Waals surface area contributed by atoms with E-state index in [0.29, 0.717) is 32.5 Å². The molecule has 0 bridgehead atoms. The smallest absolute Gasteiger partial charge is 0.281 e. The average molecular weight is 398 g/mol. The van der Waals surface area contributed by atoms with Crippen molar-refractivity contribution in [3.05, 3.63) is 29.3 Å². The van der Waals surface area contributed by atoms with Gasteiger partial charge in [-0.05, 0) is 56.9 Å². The number of carbonyl (C=O) groups excluding carboxylic acids is 1. The van der Waals surface area contributed by atoms with E-state index < -0.39 is 10.2 Å². The van der Waals surface area contributed by atoms with Gasteiger partial charge in [-0.1, -0.05) is 6.07 Å². The van der Waals surface area contributed by atoms with Crippen molar-refractivity contribution in [1.29, 1.82) is 0 Å². The van der Waals surface area contributed by atoms with Crippen molar-refractivity contribution >= 4 is 16.1 Å². The van der Waals surface area contributed by atoms with Crippen LogP contribution in [0.25, 0.3) is 0 Å². The van der Waals surface area contributed by atoms with Gasteiger partial charge in [-0.2, -0.15) is 17.0 Å². The number of hydrogen-bond acceptors (Lipinski definition) is 4. The summed E-state index contributed by atoms with van der Waals surface area (Å²) in [5, 5.41) is 2.98. The highest BCUT2D eigenvalue weighted by atomic mass is 32.2. The summed E-state index contributed by atoms with van der Waals surface area (Å²) in [6, 6.07) is 5.81. The van der Waals surface area contributed by atoms with E-state index in [1.165, 1.54) is 33.8 Å². The zero-order valence-electron chi connectivity index (χ0n) is 16.9. The van der Waals surface area contributed by atoms with Crippen LogP contribution in [0.15, 0.2) is 18.2 Å². The Morgan fingerprint density at radius 2 is 1.89 bits per heavy atom. The highest BCUT2D eigenvalue weighted by Crippen LogP contribution is 2.21. The second-order valence-electron chi connectivity index (χ2n) is 7.43. The van der Waals surface area contributed by atoms with Gasteiger partial charge >= 0.3 is 0 Å². The van der Waals surface area contributed by atoms with Crippen LogP contribution < -0.4 is 10.1 Å². The second-order valence-corrected chi connectivity index (χ2v) is 9.57. The van der Waals surface area contributed by atoms with Gasteiger partial charge in [-0.3, -0.25) is 4.79 Å². The maximum Gasteiger partial charge on any atom is 0.281 e. The first-order chi connectivity index (χ1) is 12.6. The Hall–Kier alpha value is -1.64. The molecule has 1 saturated heterocycles. The van der Waals surface area contributed by atoms with Gasteiger partial charge in [-0.15, -0.1) is 0 Å². The van der Waals surface area contributed by atoms with Gasteiger partial charge in [0.1, 0.15) is 12.4 Å². The van der Waals surface area contributed by atoms with E-state index in [1.54, 1.807) is 0 Å². The Morgan fingerprint density at radius 1 is 1.26 bits per heavy atom. The number of nitrogens with zero attached hydrogens (tertiary/aromatic N) is 2. The third-order valence-electron chi connectivity index (χ3n) is 4.98. The van der Waals surface area contributed by atoms with Crippen LogP contribution in [0, 0.1) is 19.8 Å². The van der Waals surface area contributed by atoms with Crippen molar-refractivity contribution in [2.24, 2.45) is 5.92 Å². The maximum absolute atomic E-state index is 12.5. The van der Waals surface area contributed by atoms with Crippen LogP contribution in [0.2, 0.25) is 0 Å². The molecule has 7 nitrogen and oxygen atoms in total. The van der Waals surface area contributed by atoms with E-state index in [9.17, 15) is 13.2 Å². The summed E-state index contributed by atoms with van der Waals surface area (Å²) in [6.45, 7) is 7.12. The van der Waals surface area contributed by atoms with Gasteiger partial charge in [0.2, 0.25) is 5.91 Å². The summed E-state index contributed by atoms with van der Waals surface area (Å²) < 4.78 is 32.7. The molecule has 1 heterocycles. The molecule has 1 N–H and O–H groups in total. The first-order valence-electron chi connectivity index (χ1n) is 9.29. The Bertz CT molecular complexity index is 756. The number of amides is 1. The molecule has 0 aromatic heterocycles. The largest absolute Gasteiger partial charge is 0.491 e. The fraction of sp³-hybridized carbons (Fsp3) is 0.632. The maximum atomic E-state index is 12.5. The molecule has 152 valence electrons. The molecule has 0 aliphatic carbocycles. The van der Waals surface area contributed by atoms with E-state index in [2.05, 4.69) is 12.2 Å². The standard InChI is InChI=1S/C19H31N3O4S/c1-14-6-7-18(12-15(14)2)26-13-16(3)20-19(23)17-8-10-22(11-9-17)27(24,25)21(4)5/h6-7,12,16-17H,8-11,13H2,1-5H3,(H,20,23). The lowest BCUT2D eigenvalue weighted by molar-refractivity contribution is -0.126. The summed E-state index contributed by atoms with van der Waals surface area (Å²) in [6.07, 6.45) is 1.06. The molecule has 2 rings (SSSR count). The molecule has 1 unspecified atom stereocenters. The summed E-state index contributed by atoms with van der Waals surface area (Å²) in [5.74, 6) is 0.595. The van der Waals surface area contributed by atoms with Gasteiger partial charge < -0.3 is 10.1 Å². The van der Waals surface area contributed by atoms with E-state index >= 15 is 0 Å². The minimum Gasteiger partial charge on any atom is -0.491 e. The summed E-state index contributed by atoms with van der Waals surface area (Å²) >= 11 is 0. The molecule has 1 aromatic rings. The van der Waals surface area contributed by atoms with Gasteiger partial charge in [-0.25, -0.2) is 0 Å². The van der Waals surface area contributed by atoms with Crippen LogP contribution in [0.5, 0.6) is 5.75 Å². The van der Waals surface area contributed by atoms with Crippen LogP contribution in [0.3, 0.4) is 0 Å². The zero-order valence-corrected chi connectivity index (χ0v) is 17.7. The van der Waals surface area contributed by atoms with Gasteiger partial charge in [0.15, 0.2) is 0 Å². The number of piperidine rings is 1. The lowest BCUT2D eigenvalue weighted by Gasteiger charge is -2.32. The van der Waals surface area contributed by atoms with Gasteiger partial charge in [0.25, 0.3) is 10.2 Å². The fourth-order valence-electron chi connectivity index (χ4n) is 3.01. The molecule has 1 atom stereocenters. The van der Waals surface area contributed by atoms with E-state index in [-0.39, 0.29) is 17.9 Å². The third-order valence-corrected chi connectivity index (χ3v) is 6.92. The minimum absolute atomic E-state index is 0.0342. The summed E-state index contributed by atoms with van der Waals surface area (Å²) in [7, 11) is -0.365. The Labute approximate surface area is 162 Å². The lowest BCUT2D eigenvalue weighted by atomic mass is 9.97. The van der Waals surface area contributed by atoms with E-state index in [1.807, 2.05) is 32.0 Å². The number of aryl methyl sites for hydroxylation is 2. The molecule has 1 fully saturated rings. The summed E-state index contributed by atoms with van der Waals surface area (Å²) in [5.41, 5.74) is 2.38. The van der Waals surface area contributed by atoms with Crippen LogP contribution in [0.4, 0.5) is 0 Å². The topological polar surface area (TPSA) is 79.0 Å². The minimum atomic E-state index is -3.40. The predicted molar refractivity (Wildman–Crippen MR) is 106 cm³/mol. The number of ether oxygens (including phenoxy) is 1. The lowest BCUT2D eigenvalue weighted by Crippen LogP contribution is -2.48. The highest BCUT2D eigenvalue weighted by Gasteiger charge is 2.32. The third kappa shape index (κ3) is 5.67. The van der Waals surface area contributed by atoms with E-state index in [0.717, 1.165) is 5.75 Å². The van der Waals surface area contributed by atoms with Crippen molar-refractivity contribution in [2.75, 3.05) is 33.8 Å². The average Bonchev–Trinajstić information content (AvgIpc) is 2.62. The van der Waals surface area contributed by atoms with Crippen LogP contribution in [0.1, 0.15) is 30.9 Å². The molecule has 1 aliphatic rings. The van der Waals surface area contributed by atoms with Crippen molar-refractivity contribution in [3.8, 4) is 5.75 Å². The van der Waals surface area contributed by atoms with Crippen molar-refractivity contribution in [3.63, 3.8) is 0 Å². The quantitative estimate of drug-likeness (QED) is 0.760. The van der Waals surface area contributed by atoms with Crippen molar-refractivity contribution in [2.45, 2.75) is 39.7 Å². The molecule has 0 saturated carbocycles. The van der Waals surface area contributed by atoms with Crippen LogP contribution in [-0.2, 0) is 15.0 Å². The Balaban J connectivity index is 1.79. The van der Waals surface area contributed by atoms with E-state index in [4.69, 9.17) is 4.74 Å². The first-order valence-corrected chi connectivity index (χ1v) is 10.7. The molecule has 1 aromatic carbocycles. The zero-order chi connectivity index (χ0) is 20.2. The molecule has 0 radical (unpaired) electrons. The molecule has 1 aliphatic heterocycles. The number of nitrogens with one attached hydrogen (secondary N) is 1. The predicted octanol–water partition coefficient (Wildman–Crippen LogP) is 1.71. The molecule has 0 spiro atoms. The second kappa shape index (κ2) is 9.03. The molecular formula is C19H31N3O4S. The van der Waals surface area contributed by atoms with Crippen LogP contribution in [-0.4, -0.2) is 62.8 Å².